The Bertz CT molecular complexity index is 3960. The molecule has 4 aromatic carbocycles. The number of hydrogen-bond acceptors (Lipinski definition) is 14. The molecule has 12 rings (SSSR count). The highest BCUT2D eigenvalue weighted by Gasteiger charge is 2.41. The Hall–Kier alpha value is -8.96. The van der Waals surface area contributed by atoms with Crippen LogP contribution in [0.25, 0.3) is 44.6 Å². The number of carboxylic acid groups (broad SMARTS) is 2. The van der Waals surface area contributed by atoms with Crippen molar-refractivity contribution in [2.24, 2.45) is 10.8 Å². The molecule has 2 unspecified atom stereocenters. The highest BCUT2D eigenvalue weighted by atomic mass is 35.5. The van der Waals surface area contributed by atoms with Gasteiger partial charge in [0.05, 0.1) is 119 Å². The Labute approximate surface area is 498 Å². The number of halogens is 6. The van der Waals surface area contributed by atoms with Crippen LogP contribution < -0.4 is 9.47 Å². The average Bonchev–Trinajstić information content (AvgIpc) is 1.99. The molecule has 0 saturated carbocycles. The van der Waals surface area contributed by atoms with E-state index in [0.717, 1.165) is 24.3 Å². The van der Waals surface area contributed by atoms with Crippen LogP contribution in [0.2, 0.25) is 10.3 Å². The SMILES string of the molecule is CC1(C)COCC1n1c(Cc2cc(F)c(-c3cccc(OCc4cnc(Cl)cn4)n3)cc2F)nc2ccc(C(=O)O)cc21.CC1(C)COCC1n1c(Cc2cc(F)c(-c3cccc(OCc4cnc(Cl)cn4)n3)cc2F)nc2ccc(C(=O)O)cc21. The number of carbonyl (C=O) groups is 2. The summed E-state index contributed by atoms with van der Waals surface area (Å²) in [6.07, 6.45) is 5.69. The summed E-state index contributed by atoms with van der Waals surface area (Å²) >= 11 is 11.5. The van der Waals surface area contributed by atoms with Crippen LogP contribution in [-0.2, 0) is 35.5 Å². The fourth-order valence-electron chi connectivity index (χ4n) is 10.4. The van der Waals surface area contributed by atoms with Crippen LogP contribution in [0.4, 0.5) is 17.6 Å². The molecular weight excluding hydrogens is 1160 g/mol. The Kier molecular flexibility index (Phi) is 16.5. The van der Waals surface area contributed by atoms with Gasteiger partial charge in [0, 0.05) is 46.9 Å². The molecule has 2 saturated heterocycles. The summed E-state index contributed by atoms with van der Waals surface area (Å²) in [5.41, 5.74) is 3.53. The van der Waals surface area contributed by atoms with E-state index in [1.165, 1.54) is 36.9 Å². The van der Waals surface area contributed by atoms with E-state index in [2.05, 4.69) is 29.9 Å². The second kappa shape index (κ2) is 24.2. The molecule has 24 heteroatoms. The first kappa shape index (κ1) is 58.8. The summed E-state index contributed by atoms with van der Waals surface area (Å²) in [4.78, 5) is 57.6. The van der Waals surface area contributed by atoms with Gasteiger partial charge in [0.2, 0.25) is 11.8 Å². The van der Waals surface area contributed by atoms with Gasteiger partial charge in [0.25, 0.3) is 0 Å². The van der Waals surface area contributed by atoms with E-state index in [1.807, 2.05) is 36.8 Å². The van der Waals surface area contributed by atoms with Gasteiger partial charge in [-0.3, -0.25) is 9.97 Å². The number of ether oxygens (including phenoxy) is 4. The van der Waals surface area contributed by atoms with Crippen molar-refractivity contribution in [3.05, 3.63) is 201 Å². The van der Waals surface area contributed by atoms with Crippen LogP contribution in [0.3, 0.4) is 0 Å². The molecule has 2 aliphatic rings. The van der Waals surface area contributed by atoms with Crippen molar-refractivity contribution in [2.75, 3.05) is 26.4 Å². The number of nitrogens with zero attached hydrogens (tertiary/aromatic N) is 10. The quantitative estimate of drug-likeness (QED) is 0.0858. The van der Waals surface area contributed by atoms with Gasteiger partial charge in [-0.2, -0.15) is 0 Å². The summed E-state index contributed by atoms with van der Waals surface area (Å²) in [6.45, 7) is 10.1. The summed E-state index contributed by atoms with van der Waals surface area (Å²) in [5, 5.41) is 19.7. The molecule has 440 valence electrons. The van der Waals surface area contributed by atoms with Crippen LogP contribution in [0, 0.1) is 34.1 Å². The van der Waals surface area contributed by atoms with Gasteiger partial charge in [0.1, 0.15) is 58.4 Å². The molecule has 10 aromatic rings. The standard InChI is InChI=1S/2C31H26ClF2N5O4/c2*1-31(2)16-42-15-26(31)39-25-9-17(30(40)41)6-7-24(25)37-28(39)10-18-8-22(34)20(11-21(18)33)23-4-3-5-29(38-23)43-14-19-12-36-27(32)13-35-19/h2*3-9,11-13,26H,10,14-16H2,1-2H3,(H,40,41). The lowest BCUT2D eigenvalue weighted by molar-refractivity contribution is 0.0686. The topological polar surface area (TPSA) is 224 Å². The number of imidazole rings is 2. The maximum Gasteiger partial charge on any atom is 0.335 e. The molecule has 0 aliphatic carbocycles. The largest absolute Gasteiger partial charge is 0.478 e. The molecule has 8 heterocycles. The third-order valence-electron chi connectivity index (χ3n) is 15.0. The minimum atomic E-state index is -1.07. The lowest BCUT2D eigenvalue weighted by Gasteiger charge is -2.28. The van der Waals surface area contributed by atoms with Gasteiger partial charge < -0.3 is 38.3 Å². The van der Waals surface area contributed by atoms with E-state index in [4.69, 9.17) is 52.1 Å². The Morgan fingerprint density at radius 3 is 1.34 bits per heavy atom. The molecule has 6 aromatic heterocycles. The lowest BCUT2D eigenvalue weighted by Crippen LogP contribution is -2.27. The normalized spacial score (nSPS) is 16.1. The Morgan fingerprint density at radius 2 is 0.977 bits per heavy atom. The van der Waals surface area contributed by atoms with E-state index in [-0.39, 0.29) is 116 Å². The van der Waals surface area contributed by atoms with Crippen molar-refractivity contribution < 1.29 is 56.3 Å². The molecule has 0 spiro atoms. The first-order valence-corrected chi connectivity index (χ1v) is 27.7. The number of benzene rings is 4. The van der Waals surface area contributed by atoms with Crippen LogP contribution in [0.5, 0.6) is 11.8 Å². The van der Waals surface area contributed by atoms with Crippen LogP contribution in [0.15, 0.2) is 122 Å². The predicted octanol–water partition coefficient (Wildman–Crippen LogP) is 12.6. The summed E-state index contributed by atoms with van der Waals surface area (Å²) < 4.78 is 88.9. The Morgan fingerprint density at radius 1 is 0.558 bits per heavy atom. The van der Waals surface area contributed by atoms with Gasteiger partial charge in [0.15, 0.2) is 0 Å². The summed E-state index contributed by atoms with van der Waals surface area (Å²) in [6, 6.07) is 23.1. The first-order chi connectivity index (χ1) is 41.2. The molecule has 2 N–H and O–H groups in total. The highest BCUT2D eigenvalue weighted by molar-refractivity contribution is 6.29. The van der Waals surface area contributed by atoms with Gasteiger partial charge in [-0.25, -0.2) is 57.1 Å². The molecule has 18 nitrogen and oxygen atoms in total. The highest BCUT2D eigenvalue weighted by Crippen LogP contribution is 2.43. The molecule has 2 aliphatic heterocycles. The van der Waals surface area contributed by atoms with E-state index in [9.17, 15) is 19.8 Å². The lowest BCUT2D eigenvalue weighted by atomic mass is 9.87. The molecule has 86 heavy (non-hydrogen) atoms. The number of hydrogen-bond donors (Lipinski definition) is 2. The number of fused-ring (bicyclic) bond motifs is 2. The minimum absolute atomic E-state index is 0.0224. The number of carboxylic acids is 2. The first-order valence-electron chi connectivity index (χ1n) is 26.9. The van der Waals surface area contributed by atoms with Gasteiger partial charge in [-0.15, -0.1) is 0 Å². The van der Waals surface area contributed by atoms with Crippen molar-refractivity contribution in [1.29, 1.82) is 0 Å². The third kappa shape index (κ3) is 12.6. The number of pyridine rings is 2. The van der Waals surface area contributed by atoms with Gasteiger partial charge in [-0.05, 0) is 83.9 Å². The average molecular weight is 1210 g/mol. The maximum atomic E-state index is 15.6. The molecule has 0 bridgehead atoms. The molecule has 0 amide bonds. The maximum absolute atomic E-state index is 15.6. The molecule has 2 atom stereocenters. The Balaban J connectivity index is 0.000000179. The van der Waals surface area contributed by atoms with Crippen LogP contribution >= 0.6 is 23.2 Å². The zero-order valence-electron chi connectivity index (χ0n) is 46.4. The summed E-state index contributed by atoms with van der Waals surface area (Å²) in [7, 11) is 0. The van der Waals surface area contributed by atoms with Gasteiger partial charge in [-0.1, -0.05) is 63.0 Å². The molecule has 0 radical (unpaired) electrons. The number of aromatic nitrogens is 10. The zero-order chi connectivity index (χ0) is 60.6. The van der Waals surface area contributed by atoms with Crippen molar-refractivity contribution in [2.45, 2.75) is 65.8 Å². The third-order valence-corrected chi connectivity index (χ3v) is 15.4. The van der Waals surface area contributed by atoms with Crippen molar-refractivity contribution >= 4 is 57.2 Å². The van der Waals surface area contributed by atoms with E-state index < -0.39 is 35.2 Å². The fraction of sp³-hybridized carbons (Fsp3) is 0.258. The van der Waals surface area contributed by atoms with E-state index in [1.54, 1.807) is 60.7 Å². The monoisotopic (exact) mass is 1210 g/mol. The van der Waals surface area contributed by atoms with Crippen molar-refractivity contribution in [1.82, 2.24) is 49.0 Å². The minimum Gasteiger partial charge on any atom is -0.478 e. The van der Waals surface area contributed by atoms with E-state index >= 15 is 17.6 Å². The molecular formula is C62H52Cl2F4N10O8. The fourth-order valence-corrected chi connectivity index (χ4v) is 10.6. The second-order valence-corrected chi connectivity index (χ2v) is 22.8. The van der Waals surface area contributed by atoms with Crippen LogP contribution in [-0.4, -0.2) is 97.6 Å². The smallest absolute Gasteiger partial charge is 0.335 e. The second-order valence-electron chi connectivity index (χ2n) is 22.0. The number of aromatic carboxylic acids is 2. The van der Waals surface area contributed by atoms with Gasteiger partial charge >= 0.3 is 11.9 Å². The summed E-state index contributed by atoms with van der Waals surface area (Å²) in [5.74, 6) is -3.36. The van der Waals surface area contributed by atoms with Crippen molar-refractivity contribution in [3.8, 4) is 34.3 Å². The molecule has 2 fully saturated rings. The zero-order valence-corrected chi connectivity index (χ0v) is 48.0. The van der Waals surface area contributed by atoms with E-state index in [0.29, 0.717) is 71.5 Å². The van der Waals surface area contributed by atoms with Crippen LogP contribution in [0.1, 0.15) is 94.7 Å². The predicted molar refractivity (Wildman–Crippen MR) is 308 cm³/mol. The number of rotatable bonds is 16. The van der Waals surface area contributed by atoms with Crippen molar-refractivity contribution in [3.63, 3.8) is 0 Å².